The van der Waals surface area contributed by atoms with Crippen LogP contribution in [0.2, 0.25) is 0 Å². The van der Waals surface area contributed by atoms with Crippen molar-refractivity contribution >= 4 is 5.78 Å². The number of hydrogen-bond acceptors (Lipinski definition) is 2. The highest BCUT2D eigenvalue weighted by Gasteiger charge is 2.16. The van der Waals surface area contributed by atoms with Crippen LogP contribution >= 0.6 is 0 Å². The third kappa shape index (κ3) is 1.92. The summed E-state index contributed by atoms with van der Waals surface area (Å²) < 4.78 is 1.74. The second-order valence-corrected chi connectivity index (χ2v) is 3.73. The quantitative estimate of drug-likeness (QED) is 0.543. The molecule has 0 aliphatic carbocycles. The predicted molar refractivity (Wildman–Crippen MR) is 56.4 cm³/mol. The van der Waals surface area contributed by atoms with E-state index < -0.39 is 0 Å². The van der Waals surface area contributed by atoms with Gasteiger partial charge in [-0.15, -0.1) is 0 Å². The van der Waals surface area contributed by atoms with Crippen molar-refractivity contribution in [1.82, 2.24) is 9.78 Å². The summed E-state index contributed by atoms with van der Waals surface area (Å²) in [7, 11) is 1.85. The summed E-state index contributed by atoms with van der Waals surface area (Å²) >= 11 is 0. The van der Waals surface area contributed by atoms with E-state index in [0.717, 1.165) is 22.5 Å². The lowest BCUT2D eigenvalue weighted by molar-refractivity contribution is 0.0992. The van der Waals surface area contributed by atoms with Crippen LogP contribution in [0, 0.1) is 13.8 Å². The van der Waals surface area contributed by atoms with E-state index in [4.69, 9.17) is 0 Å². The van der Waals surface area contributed by atoms with Crippen molar-refractivity contribution < 1.29 is 4.79 Å². The Morgan fingerprint density at radius 1 is 1.50 bits per heavy atom. The standard InChI is InChI=1S/C11H16N2O/c1-7(2)6-10(14)11-8(3)12-13(5)9(11)4/h1,6H2,2-5H3. The van der Waals surface area contributed by atoms with E-state index in [1.165, 1.54) is 0 Å². The number of nitrogens with zero attached hydrogens (tertiary/aromatic N) is 2. The maximum absolute atomic E-state index is 11.8. The molecule has 1 aromatic heterocycles. The van der Waals surface area contributed by atoms with E-state index in [0.29, 0.717) is 6.42 Å². The van der Waals surface area contributed by atoms with E-state index in [9.17, 15) is 4.79 Å². The number of carbonyl (C=O) groups excluding carboxylic acids is 1. The highest BCUT2D eigenvalue weighted by atomic mass is 16.1. The van der Waals surface area contributed by atoms with Crippen LogP contribution in [0.5, 0.6) is 0 Å². The molecule has 0 spiro atoms. The third-order valence-corrected chi connectivity index (χ3v) is 2.25. The van der Waals surface area contributed by atoms with E-state index in [2.05, 4.69) is 11.7 Å². The fourth-order valence-electron chi connectivity index (χ4n) is 1.54. The molecule has 0 unspecified atom stereocenters. The molecule has 0 bridgehead atoms. The number of allylic oxidation sites excluding steroid dienone is 1. The molecule has 76 valence electrons. The van der Waals surface area contributed by atoms with Gasteiger partial charge in [-0.2, -0.15) is 5.10 Å². The maximum Gasteiger partial charge on any atom is 0.170 e. The van der Waals surface area contributed by atoms with Gasteiger partial charge in [0.15, 0.2) is 5.78 Å². The predicted octanol–water partition coefficient (Wildman–Crippen LogP) is 2.19. The molecular formula is C11H16N2O. The zero-order valence-electron chi connectivity index (χ0n) is 9.22. The minimum Gasteiger partial charge on any atom is -0.294 e. The number of aromatic nitrogens is 2. The van der Waals surface area contributed by atoms with Crippen molar-refractivity contribution in [1.29, 1.82) is 0 Å². The molecule has 0 aromatic carbocycles. The average Bonchev–Trinajstić information content (AvgIpc) is 2.25. The first-order valence-electron chi connectivity index (χ1n) is 4.61. The smallest absolute Gasteiger partial charge is 0.170 e. The topological polar surface area (TPSA) is 34.9 Å². The summed E-state index contributed by atoms with van der Waals surface area (Å²) in [5.41, 5.74) is 3.36. The molecule has 0 atom stereocenters. The van der Waals surface area contributed by atoms with Gasteiger partial charge in [-0.25, -0.2) is 0 Å². The zero-order valence-corrected chi connectivity index (χ0v) is 9.22. The molecule has 0 N–H and O–H groups in total. The van der Waals surface area contributed by atoms with Crippen LogP contribution in [-0.4, -0.2) is 15.6 Å². The second-order valence-electron chi connectivity index (χ2n) is 3.73. The molecular weight excluding hydrogens is 176 g/mol. The van der Waals surface area contributed by atoms with Crippen LogP contribution in [0.4, 0.5) is 0 Å². The molecule has 0 saturated heterocycles. The molecule has 0 amide bonds. The lowest BCUT2D eigenvalue weighted by Gasteiger charge is -2.00. The Hall–Kier alpha value is -1.38. The van der Waals surface area contributed by atoms with Crippen LogP contribution in [-0.2, 0) is 7.05 Å². The minimum atomic E-state index is 0.112. The first-order chi connectivity index (χ1) is 6.43. The molecule has 1 rings (SSSR count). The van der Waals surface area contributed by atoms with Crippen molar-refractivity contribution in [2.45, 2.75) is 27.2 Å². The van der Waals surface area contributed by atoms with Gasteiger partial charge in [0.25, 0.3) is 0 Å². The number of rotatable bonds is 3. The Balaban J connectivity index is 3.06. The van der Waals surface area contributed by atoms with E-state index in [1.54, 1.807) is 4.68 Å². The SMILES string of the molecule is C=C(C)CC(=O)c1c(C)nn(C)c1C. The highest BCUT2D eigenvalue weighted by molar-refractivity contribution is 5.99. The van der Waals surface area contributed by atoms with Gasteiger partial charge in [-0.3, -0.25) is 9.48 Å². The lowest BCUT2D eigenvalue weighted by Crippen LogP contribution is -2.03. The summed E-state index contributed by atoms with van der Waals surface area (Å²) in [4.78, 5) is 11.8. The minimum absolute atomic E-state index is 0.112. The Labute approximate surface area is 84.4 Å². The van der Waals surface area contributed by atoms with Gasteiger partial charge in [0.05, 0.1) is 11.3 Å². The molecule has 1 aromatic rings. The third-order valence-electron chi connectivity index (χ3n) is 2.25. The number of ketones is 1. The van der Waals surface area contributed by atoms with E-state index in [-0.39, 0.29) is 5.78 Å². The monoisotopic (exact) mass is 192 g/mol. The second kappa shape index (κ2) is 3.78. The summed E-state index contributed by atoms with van der Waals surface area (Å²) in [5.74, 6) is 0.112. The molecule has 0 saturated carbocycles. The molecule has 0 radical (unpaired) electrons. The van der Waals surface area contributed by atoms with Crippen LogP contribution in [0.25, 0.3) is 0 Å². The van der Waals surface area contributed by atoms with Gasteiger partial charge in [-0.05, 0) is 20.8 Å². The van der Waals surface area contributed by atoms with Crippen molar-refractivity contribution in [3.8, 4) is 0 Å². The molecule has 1 heterocycles. The first-order valence-corrected chi connectivity index (χ1v) is 4.61. The number of hydrogen-bond donors (Lipinski definition) is 0. The number of aryl methyl sites for hydroxylation is 2. The van der Waals surface area contributed by atoms with Crippen molar-refractivity contribution in [3.63, 3.8) is 0 Å². The number of carbonyl (C=O) groups is 1. The van der Waals surface area contributed by atoms with Crippen molar-refractivity contribution in [3.05, 3.63) is 29.1 Å². The molecule has 0 fully saturated rings. The fourth-order valence-corrected chi connectivity index (χ4v) is 1.54. The summed E-state index contributed by atoms with van der Waals surface area (Å²) in [6.45, 7) is 9.37. The van der Waals surface area contributed by atoms with Gasteiger partial charge in [-0.1, -0.05) is 12.2 Å². The summed E-state index contributed by atoms with van der Waals surface area (Å²) in [6.07, 6.45) is 0.410. The summed E-state index contributed by atoms with van der Waals surface area (Å²) in [6, 6.07) is 0. The first kappa shape index (κ1) is 10.7. The van der Waals surface area contributed by atoms with Gasteiger partial charge in [0.1, 0.15) is 0 Å². The van der Waals surface area contributed by atoms with E-state index in [1.807, 2.05) is 27.8 Å². The van der Waals surface area contributed by atoms with Crippen molar-refractivity contribution in [2.24, 2.45) is 7.05 Å². The zero-order chi connectivity index (χ0) is 10.9. The van der Waals surface area contributed by atoms with Gasteiger partial charge < -0.3 is 0 Å². The molecule has 0 aliphatic rings. The fraction of sp³-hybridized carbons (Fsp3) is 0.455. The summed E-state index contributed by atoms with van der Waals surface area (Å²) in [5, 5.41) is 4.21. The van der Waals surface area contributed by atoms with Gasteiger partial charge >= 0.3 is 0 Å². The molecule has 3 nitrogen and oxygen atoms in total. The Bertz CT molecular complexity index is 388. The Kier molecular flexibility index (Phi) is 2.89. The highest BCUT2D eigenvalue weighted by Crippen LogP contribution is 2.15. The number of Topliss-reactive ketones (excluding diaryl/α,β-unsaturated/α-hetero) is 1. The Morgan fingerprint density at radius 2 is 2.07 bits per heavy atom. The normalized spacial score (nSPS) is 10.3. The molecule has 3 heteroatoms. The largest absolute Gasteiger partial charge is 0.294 e. The van der Waals surface area contributed by atoms with Gasteiger partial charge in [0, 0.05) is 19.2 Å². The van der Waals surface area contributed by atoms with Crippen molar-refractivity contribution in [2.75, 3.05) is 0 Å². The molecule has 14 heavy (non-hydrogen) atoms. The van der Waals surface area contributed by atoms with Crippen LogP contribution in [0.1, 0.15) is 35.1 Å². The van der Waals surface area contributed by atoms with Crippen LogP contribution in [0.15, 0.2) is 12.2 Å². The Morgan fingerprint density at radius 3 is 2.43 bits per heavy atom. The van der Waals surface area contributed by atoms with E-state index >= 15 is 0 Å². The average molecular weight is 192 g/mol. The van der Waals surface area contributed by atoms with Crippen LogP contribution in [0.3, 0.4) is 0 Å². The lowest BCUT2D eigenvalue weighted by atomic mass is 10.0. The maximum atomic E-state index is 11.8. The van der Waals surface area contributed by atoms with Crippen LogP contribution < -0.4 is 0 Å². The van der Waals surface area contributed by atoms with Gasteiger partial charge in [0.2, 0.25) is 0 Å². The molecule has 0 aliphatic heterocycles.